The third-order valence-electron chi connectivity index (χ3n) is 5.18. The minimum absolute atomic E-state index is 0.109. The van der Waals surface area contributed by atoms with Crippen molar-refractivity contribution in [3.63, 3.8) is 0 Å². The van der Waals surface area contributed by atoms with Crippen LogP contribution in [0.2, 0.25) is 0 Å². The third kappa shape index (κ3) is 4.17. The number of amides is 1. The second-order valence-corrected chi connectivity index (χ2v) is 8.97. The molecule has 8 heteroatoms. The van der Waals surface area contributed by atoms with Gasteiger partial charge in [0.25, 0.3) is 5.56 Å². The highest BCUT2D eigenvalue weighted by Gasteiger charge is 2.28. The number of hydrogen-bond acceptors (Lipinski definition) is 4. The quantitative estimate of drug-likeness (QED) is 0.790. The first-order chi connectivity index (χ1) is 12.5. The van der Waals surface area contributed by atoms with E-state index in [2.05, 4.69) is 0 Å². The van der Waals surface area contributed by atoms with E-state index in [0.29, 0.717) is 26.2 Å². The number of carbonyl (C=O) groups excluding carboxylic acids is 1. The van der Waals surface area contributed by atoms with Crippen LogP contribution >= 0.6 is 0 Å². The van der Waals surface area contributed by atoms with Gasteiger partial charge in [0.15, 0.2) is 0 Å². The molecular formula is C18H27N3O4S. The molecule has 2 aliphatic rings. The Bertz CT molecular complexity index is 789. The molecule has 0 aromatic carbocycles. The van der Waals surface area contributed by atoms with Gasteiger partial charge in [0.05, 0.1) is 0 Å². The molecule has 26 heavy (non-hydrogen) atoms. The van der Waals surface area contributed by atoms with Gasteiger partial charge in [-0.3, -0.25) is 9.59 Å². The molecule has 2 fully saturated rings. The third-order valence-corrected chi connectivity index (χ3v) is 7.09. The molecule has 0 unspecified atom stereocenters. The second kappa shape index (κ2) is 8.35. The zero-order valence-corrected chi connectivity index (χ0v) is 15.9. The van der Waals surface area contributed by atoms with E-state index in [-0.39, 0.29) is 17.3 Å². The molecule has 0 aliphatic carbocycles. The Morgan fingerprint density at radius 1 is 0.923 bits per heavy atom. The van der Waals surface area contributed by atoms with Crippen molar-refractivity contribution in [2.45, 2.75) is 56.4 Å². The molecule has 1 aromatic heterocycles. The normalized spacial score (nSPS) is 19.9. The van der Waals surface area contributed by atoms with Crippen LogP contribution < -0.4 is 5.56 Å². The average Bonchev–Trinajstić information content (AvgIpc) is 2.94. The van der Waals surface area contributed by atoms with Gasteiger partial charge in [0, 0.05) is 32.4 Å². The Labute approximate surface area is 154 Å². The lowest BCUT2D eigenvalue weighted by Crippen LogP contribution is -2.41. The molecule has 3 heterocycles. The summed E-state index contributed by atoms with van der Waals surface area (Å²) >= 11 is 0. The van der Waals surface area contributed by atoms with Crippen LogP contribution in [0.25, 0.3) is 0 Å². The van der Waals surface area contributed by atoms with Crippen molar-refractivity contribution in [3.8, 4) is 0 Å². The molecule has 2 saturated heterocycles. The predicted octanol–water partition coefficient (Wildman–Crippen LogP) is 1.43. The Morgan fingerprint density at radius 2 is 1.50 bits per heavy atom. The van der Waals surface area contributed by atoms with Crippen LogP contribution in [-0.2, 0) is 21.4 Å². The van der Waals surface area contributed by atoms with Crippen LogP contribution in [0.1, 0.15) is 44.9 Å². The van der Waals surface area contributed by atoms with E-state index in [1.807, 2.05) is 0 Å². The van der Waals surface area contributed by atoms with Crippen LogP contribution in [0, 0.1) is 0 Å². The van der Waals surface area contributed by atoms with Crippen molar-refractivity contribution < 1.29 is 13.2 Å². The van der Waals surface area contributed by atoms with Gasteiger partial charge in [-0.05, 0) is 44.2 Å². The Balaban J connectivity index is 1.82. The van der Waals surface area contributed by atoms with Gasteiger partial charge in [-0.2, -0.15) is 4.31 Å². The number of sulfonamides is 1. The summed E-state index contributed by atoms with van der Waals surface area (Å²) in [5.74, 6) is -0.129. The first kappa shape index (κ1) is 19.1. The maximum atomic E-state index is 12.9. The summed E-state index contributed by atoms with van der Waals surface area (Å²) in [5, 5.41) is 0. The number of piperidine rings is 1. The zero-order valence-electron chi connectivity index (χ0n) is 15.1. The molecule has 2 aliphatic heterocycles. The van der Waals surface area contributed by atoms with Gasteiger partial charge in [-0.25, -0.2) is 8.42 Å². The van der Waals surface area contributed by atoms with Gasteiger partial charge < -0.3 is 9.47 Å². The monoisotopic (exact) mass is 381 g/mol. The van der Waals surface area contributed by atoms with Crippen molar-refractivity contribution in [1.82, 2.24) is 13.8 Å². The number of aromatic nitrogens is 1. The molecule has 0 atom stereocenters. The molecule has 0 bridgehead atoms. The maximum Gasteiger partial charge on any atom is 0.271 e. The van der Waals surface area contributed by atoms with Gasteiger partial charge in [-0.15, -0.1) is 0 Å². The largest absolute Gasteiger partial charge is 0.341 e. The fourth-order valence-electron chi connectivity index (χ4n) is 3.65. The Morgan fingerprint density at radius 3 is 2.15 bits per heavy atom. The highest BCUT2D eigenvalue weighted by Crippen LogP contribution is 2.18. The van der Waals surface area contributed by atoms with Gasteiger partial charge >= 0.3 is 0 Å². The van der Waals surface area contributed by atoms with Crippen molar-refractivity contribution in [2.24, 2.45) is 0 Å². The summed E-state index contributed by atoms with van der Waals surface area (Å²) in [4.78, 5) is 26.7. The smallest absolute Gasteiger partial charge is 0.271 e. The lowest BCUT2D eigenvalue weighted by molar-refractivity contribution is -0.132. The molecule has 0 saturated carbocycles. The minimum atomic E-state index is -3.82. The average molecular weight is 381 g/mol. The summed E-state index contributed by atoms with van der Waals surface area (Å²) in [5.41, 5.74) is -0.609. The van der Waals surface area contributed by atoms with Crippen molar-refractivity contribution >= 4 is 15.9 Å². The van der Waals surface area contributed by atoms with E-state index >= 15 is 0 Å². The molecule has 0 radical (unpaired) electrons. The molecule has 1 aromatic rings. The molecule has 0 spiro atoms. The Kier molecular flexibility index (Phi) is 6.13. The predicted molar refractivity (Wildman–Crippen MR) is 98.4 cm³/mol. The fourth-order valence-corrected chi connectivity index (χ4v) is 5.25. The molecule has 0 N–H and O–H groups in total. The van der Waals surface area contributed by atoms with Gasteiger partial charge in [0.2, 0.25) is 15.9 Å². The van der Waals surface area contributed by atoms with E-state index in [4.69, 9.17) is 0 Å². The number of pyridine rings is 1. The number of hydrogen-bond donors (Lipinski definition) is 0. The van der Waals surface area contributed by atoms with E-state index in [1.54, 1.807) is 4.90 Å². The van der Waals surface area contributed by atoms with Crippen molar-refractivity contribution in [1.29, 1.82) is 0 Å². The van der Waals surface area contributed by atoms with Crippen LogP contribution in [0.3, 0.4) is 0 Å². The topological polar surface area (TPSA) is 79.7 Å². The highest BCUT2D eigenvalue weighted by molar-refractivity contribution is 7.89. The van der Waals surface area contributed by atoms with Crippen LogP contribution in [0.15, 0.2) is 28.0 Å². The first-order valence-electron chi connectivity index (χ1n) is 9.47. The summed E-state index contributed by atoms with van der Waals surface area (Å²) in [6.45, 7) is 2.20. The summed E-state index contributed by atoms with van der Waals surface area (Å²) in [6, 6.07) is 2.89. The van der Waals surface area contributed by atoms with E-state index < -0.39 is 15.6 Å². The van der Waals surface area contributed by atoms with E-state index in [0.717, 1.165) is 44.9 Å². The first-order valence-corrected chi connectivity index (χ1v) is 10.9. The number of likely N-dealkylation sites (tertiary alicyclic amines) is 1. The van der Waals surface area contributed by atoms with Gasteiger partial charge in [0.1, 0.15) is 11.4 Å². The van der Waals surface area contributed by atoms with E-state index in [9.17, 15) is 18.0 Å². The lowest BCUT2D eigenvalue weighted by Gasteiger charge is -2.27. The van der Waals surface area contributed by atoms with Crippen LogP contribution in [0.5, 0.6) is 0 Å². The van der Waals surface area contributed by atoms with E-state index in [1.165, 1.54) is 27.2 Å². The standard InChI is InChI=1S/C18H27N3O4S/c22-17(19-10-4-3-5-11-19)15-20-12-8-9-16(18(20)23)26(24,25)21-13-6-1-2-7-14-21/h8-9,12H,1-7,10-11,13-15H2. The summed E-state index contributed by atoms with van der Waals surface area (Å²) < 4.78 is 28.5. The fraction of sp³-hybridized carbons (Fsp3) is 0.667. The van der Waals surface area contributed by atoms with Crippen LogP contribution in [-0.4, -0.2) is 54.3 Å². The summed E-state index contributed by atoms with van der Waals surface area (Å²) in [6.07, 6.45) is 8.21. The minimum Gasteiger partial charge on any atom is -0.341 e. The maximum absolute atomic E-state index is 12.9. The van der Waals surface area contributed by atoms with Crippen molar-refractivity contribution in [3.05, 3.63) is 28.7 Å². The number of nitrogens with zero attached hydrogens (tertiary/aromatic N) is 3. The molecule has 3 rings (SSSR count). The SMILES string of the molecule is O=C(Cn1cccc(S(=O)(=O)N2CCCCCC2)c1=O)N1CCCCC1. The number of carbonyl (C=O) groups is 1. The molecule has 7 nitrogen and oxygen atoms in total. The molecule has 144 valence electrons. The molecule has 1 amide bonds. The zero-order chi connectivity index (χ0) is 18.6. The second-order valence-electron chi connectivity index (χ2n) is 7.07. The highest BCUT2D eigenvalue weighted by atomic mass is 32.2. The number of rotatable bonds is 4. The summed E-state index contributed by atoms with van der Waals surface area (Å²) in [7, 11) is -3.82. The van der Waals surface area contributed by atoms with Gasteiger partial charge in [-0.1, -0.05) is 12.8 Å². The Hall–Kier alpha value is -1.67. The lowest BCUT2D eigenvalue weighted by atomic mass is 10.1. The van der Waals surface area contributed by atoms with Crippen LogP contribution in [0.4, 0.5) is 0 Å². The van der Waals surface area contributed by atoms with Crippen molar-refractivity contribution in [2.75, 3.05) is 26.2 Å². The molecular weight excluding hydrogens is 354 g/mol.